The summed E-state index contributed by atoms with van der Waals surface area (Å²) in [5.74, 6) is 2.20. The number of thiazole rings is 1. The van der Waals surface area contributed by atoms with Gasteiger partial charge in [0.2, 0.25) is 5.89 Å². The molecule has 1 aromatic carbocycles. The topological polar surface area (TPSA) is 51.4 Å². The maximum Gasteiger partial charge on any atom is 0.209 e. The summed E-state index contributed by atoms with van der Waals surface area (Å²) in [6.45, 7) is 3.61. The highest BCUT2D eigenvalue weighted by molar-refractivity contribution is 7.11. The van der Waals surface area contributed by atoms with Crippen LogP contribution in [-0.4, -0.2) is 29.0 Å². The minimum Gasteiger partial charge on any atom is -0.496 e. The van der Waals surface area contributed by atoms with Crippen molar-refractivity contribution in [2.75, 3.05) is 14.2 Å². The van der Waals surface area contributed by atoms with Gasteiger partial charge in [0, 0.05) is 17.6 Å². The molecule has 3 rings (SSSR count). The van der Waals surface area contributed by atoms with Crippen LogP contribution in [0.15, 0.2) is 41.1 Å². The molecule has 0 unspecified atom stereocenters. The molecular formula is C18H21N3O2S. The molecule has 0 amide bonds. The van der Waals surface area contributed by atoms with E-state index in [9.17, 15) is 0 Å². The number of para-hydroxylation sites is 1. The fourth-order valence-corrected chi connectivity index (χ4v) is 3.44. The number of rotatable bonds is 7. The molecule has 0 aliphatic carbocycles. The van der Waals surface area contributed by atoms with Crippen molar-refractivity contribution >= 4 is 11.3 Å². The van der Waals surface area contributed by atoms with Gasteiger partial charge in [-0.05, 0) is 25.6 Å². The Hall–Kier alpha value is -2.18. The van der Waals surface area contributed by atoms with Gasteiger partial charge in [-0.3, -0.25) is 4.90 Å². The smallest absolute Gasteiger partial charge is 0.209 e. The zero-order chi connectivity index (χ0) is 16.9. The maximum atomic E-state index is 5.90. The molecule has 24 heavy (non-hydrogen) atoms. The highest BCUT2D eigenvalue weighted by Crippen LogP contribution is 2.30. The predicted molar refractivity (Wildman–Crippen MR) is 95.2 cm³/mol. The molecule has 6 heteroatoms. The Morgan fingerprint density at radius 1 is 1.17 bits per heavy atom. The SMILES string of the molecule is CCc1ncc(CN(C)Cc2ncc(-c3ccccc3OC)o2)s1. The Morgan fingerprint density at radius 2 is 2.00 bits per heavy atom. The minimum absolute atomic E-state index is 0.647. The largest absolute Gasteiger partial charge is 0.496 e. The molecule has 0 aliphatic heterocycles. The molecule has 2 aromatic heterocycles. The molecular weight excluding hydrogens is 322 g/mol. The Morgan fingerprint density at radius 3 is 2.75 bits per heavy atom. The molecule has 126 valence electrons. The molecule has 0 spiro atoms. The normalized spacial score (nSPS) is 11.2. The predicted octanol–water partition coefficient (Wildman–Crippen LogP) is 4.00. The van der Waals surface area contributed by atoms with Crippen molar-refractivity contribution in [3.05, 3.63) is 52.4 Å². The van der Waals surface area contributed by atoms with Crippen LogP contribution in [0.5, 0.6) is 5.75 Å². The molecule has 0 saturated carbocycles. The van der Waals surface area contributed by atoms with Crippen molar-refractivity contribution in [2.45, 2.75) is 26.4 Å². The van der Waals surface area contributed by atoms with Gasteiger partial charge < -0.3 is 9.15 Å². The molecule has 0 bridgehead atoms. The van der Waals surface area contributed by atoms with Crippen LogP contribution in [0.25, 0.3) is 11.3 Å². The second-order valence-electron chi connectivity index (χ2n) is 5.56. The van der Waals surface area contributed by atoms with Crippen molar-refractivity contribution in [2.24, 2.45) is 0 Å². The van der Waals surface area contributed by atoms with Crippen LogP contribution in [0.3, 0.4) is 0 Å². The van der Waals surface area contributed by atoms with Crippen LogP contribution < -0.4 is 4.74 Å². The first-order valence-corrected chi connectivity index (χ1v) is 8.71. The van der Waals surface area contributed by atoms with Gasteiger partial charge in [0.15, 0.2) is 5.76 Å². The maximum absolute atomic E-state index is 5.90. The van der Waals surface area contributed by atoms with Gasteiger partial charge in [-0.25, -0.2) is 9.97 Å². The highest BCUT2D eigenvalue weighted by Gasteiger charge is 2.13. The van der Waals surface area contributed by atoms with E-state index >= 15 is 0 Å². The van der Waals surface area contributed by atoms with E-state index in [4.69, 9.17) is 9.15 Å². The quantitative estimate of drug-likeness (QED) is 0.649. The van der Waals surface area contributed by atoms with Crippen LogP contribution in [0, 0.1) is 0 Å². The van der Waals surface area contributed by atoms with Gasteiger partial charge in [0.25, 0.3) is 0 Å². The molecule has 0 fully saturated rings. The first-order chi connectivity index (χ1) is 11.7. The Balaban J connectivity index is 1.67. The summed E-state index contributed by atoms with van der Waals surface area (Å²) in [7, 11) is 3.71. The van der Waals surface area contributed by atoms with Crippen molar-refractivity contribution < 1.29 is 9.15 Å². The Kier molecular flexibility index (Phi) is 5.27. The lowest BCUT2D eigenvalue weighted by atomic mass is 10.1. The fourth-order valence-electron chi connectivity index (χ4n) is 2.49. The Bertz CT molecular complexity index is 797. The monoisotopic (exact) mass is 343 g/mol. The average molecular weight is 343 g/mol. The van der Waals surface area contributed by atoms with E-state index < -0.39 is 0 Å². The first kappa shape index (κ1) is 16.7. The van der Waals surface area contributed by atoms with E-state index in [0.717, 1.165) is 30.0 Å². The fraction of sp³-hybridized carbons (Fsp3) is 0.333. The highest BCUT2D eigenvalue weighted by atomic mass is 32.1. The van der Waals surface area contributed by atoms with Crippen molar-refractivity contribution in [1.82, 2.24) is 14.9 Å². The lowest BCUT2D eigenvalue weighted by Gasteiger charge is -2.12. The number of nitrogens with zero attached hydrogens (tertiary/aromatic N) is 3. The molecule has 0 radical (unpaired) electrons. The van der Waals surface area contributed by atoms with Crippen LogP contribution >= 0.6 is 11.3 Å². The third-order valence-electron chi connectivity index (χ3n) is 3.66. The van der Waals surface area contributed by atoms with Crippen LogP contribution in [-0.2, 0) is 19.5 Å². The van der Waals surface area contributed by atoms with E-state index in [1.54, 1.807) is 24.6 Å². The zero-order valence-electron chi connectivity index (χ0n) is 14.2. The molecule has 0 saturated heterocycles. The van der Waals surface area contributed by atoms with E-state index in [1.807, 2.05) is 30.5 Å². The van der Waals surface area contributed by atoms with Crippen molar-refractivity contribution in [3.8, 4) is 17.1 Å². The van der Waals surface area contributed by atoms with Gasteiger partial charge in [-0.1, -0.05) is 19.1 Å². The average Bonchev–Trinajstić information content (AvgIpc) is 3.24. The minimum atomic E-state index is 0.647. The van der Waals surface area contributed by atoms with E-state index in [1.165, 1.54) is 9.88 Å². The van der Waals surface area contributed by atoms with Crippen LogP contribution in [0.4, 0.5) is 0 Å². The summed E-state index contributed by atoms with van der Waals surface area (Å²) in [4.78, 5) is 12.2. The third kappa shape index (κ3) is 3.83. The third-order valence-corrected chi connectivity index (χ3v) is 4.79. The van der Waals surface area contributed by atoms with Gasteiger partial charge in [0.1, 0.15) is 5.75 Å². The lowest BCUT2D eigenvalue weighted by molar-refractivity contribution is 0.285. The lowest BCUT2D eigenvalue weighted by Crippen LogP contribution is -2.16. The second-order valence-corrected chi connectivity index (χ2v) is 6.76. The second kappa shape index (κ2) is 7.59. The van der Waals surface area contributed by atoms with Gasteiger partial charge in [0.05, 0.1) is 30.4 Å². The van der Waals surface area contributed by atoms with Gasteiger partial charge in [-0.2, -0.15) is 0 Å². The summed E-state index contributed by atoms with van der Waals surface area (Å²) in [5, 5.41) is 1.17. The van der Waals surface area contributed by atoms with E-state index in [2.05, 4.69) is 28.8 Å². The summed E-state index contributed by atoms with van der Waals surface area (Å²) in [6.07, 6.45) is 4.69. The number of aromatic nitrogens is 2. The molecule has 2 heterocycles. The number of oxazole rings is 1. The standard InChI is InChI=1S/C18H21N3O2S/c1-4-18-20-9-13(24-18)11-21(2)12-17-19-10-16(23-17)14-7-5-6-8-15(14)22-3/h5-10H,4,11-12H2,1-3H3. The molecule has 0 aliphatic rings. The first-order valence-electron chi connectivity index (χ1n) is 7.89. The molecule has 0 N–H and O–H groups in total. The number of methoxy groups -OCH3 is 1. The van der Waals surface area contributed by atoms with Gasteiger partial charge in [-0.15, -0.1) is 11.3 Å². The summed E-state index contributed by atoms with van der Waals surface area (Å²) < 4.78 is 11.3. The zero-order valence-corrected chi connectivity index (χ0v) is 15.0. The molecule has 0 atom stereocenters. The number of aryl methyl sites for hydroxylation is 1. The number of hydrogen-bond acceptors (Lipinski definition) is 6. The van der Waals surface area contributed by atoms with Crippen LogP contribution in [0.2, 0.25) is 0 Å². The van der Waals surface area contributed by atoms with E-state index in [-0.39, 0.29) is 0 Å². The number of ether oxygens (including phenoxy) is 1. The molecule has 5 nitrogen and oxygen atoms in total. The van der Waals surface area contributed by atoms with Crippen molar-refractivity contribution in [1.29, 1.82) is 0 Å². The summed E-state index contributed by atoms with van der Waals surface area (Å²) in [5.41, 5.74) is 0.913. The van der Waals surface area contributed by atoms with E-state index in [0.29, 0.717) is 12.4 Å². The van der Waals surface area contributed by atoms with Crippen LogP contribution in [0.1, 0.15) is 22.7 Å². The number of hydrogen-bond donors (Lipinski definition) is 0. The summed E-state index contributed by atoms with van der Waals surface area (Å²) in [6, 6.07) is 7.78. The molecule has 3 aromatic rings. The number of benzene rings is 1. The van der Waals surface area contributed by atoms with Crippen molar-refractivity contribution in [3.63, 3.8) is 0 Å². The summed E-state index contributed by atoms with van der Waals surface area (Å²) >= 11 is 1.76. The van der Waals surface area contributed by atoms with Gasteiger partial charge >= 0.3 is 0 Å². The Labute approximate surface area is 145 Å².